The monoisotopic (exact) mass is 325 g/mol. The van der Waals surface area contributed by atoms with E-state index in [1.54, 1.807) is 0 Å². The average molecular weight is 325 g/mol. The number of carbonyl (C=O) groups excluding carboxylic acids is 1. The van der Waals surface area contributed by atoms with E-state index in [4.69, 9.17) is 0 Å². The molecule has 2 heterocycles. The van der Waals surface area contributed by atoms with Crippen molar-refractivity contribution in [2.75, 3.05) is 18.4 Å². The Morgan fingerprint density at radius 3 is 2.62 bits per heavy atom. The third-order valence-corrected chi connectivity index (χ3v) is 4.90. The van der Waals surface area contributed by atoms with Crippen molar-refractivity contribution in [2.24, 2.45) is 7.05 Å². The number of nitrogens with zero attached hydrogens (tertiary/aromatic N) is 2. The first kappa shape index (κ1) is 16.8. The van der Waals surface area contributed by atoms with Crippen LogP contribution in [0.25, 0.3) is 0 Å². The van der Waals surface area contributed by atoms with Crippen molar-refractivity contribution in [3.63, 3.8) is 0 Å². The largest absolute Gasteiger partial charge is 0.353 e. The molecule has 4 heteroatoms. The van der Waals surface area contributed by atoms with Gasteiger partial charge in [-0.25, -0.2) is 0 Å². The summed E-state index contributed by atoms with van der Waals surface area (Å²) in [5.41, 5.74) is 3.46. The summed E-state index contributed by atoms with van der Waals surface area (Å²) in [5, 5.41) is 3.03. The minimum atomic E-state index is 0.0633. The van der Waals surface area contributed by atoms with Gasteiger partial charge in [0.15, 0.2) is 0 Å². The zero-order valence-electron chi connectivity index (χ0n) is 14.8. The van der Waals surface area contributed by atoms with Gasteiger partial charge < -0.3 is 9.88 Å². The van der Waals surface area contributed by atoms with Crippen LogP contribution in [0.15, 0.2) is 42.6 Å². The summed E-state index contributed by atoms with van der Waals surface area (Å²) < 4.78 is 2.16. The summed E-state index contributed by atoms with van der Waals surface area (Å²) in [5.74, 6) is 0.568. The normalized spacial score (nSPS) is 18.2. The number of carbonyl (C=O) groups is 1. The standard InChI is InChI=1S/C20H27N3O/c1-15(2)16-8-10-17(11-9-16)21-20(24)14-23-13-5-7-19(23)18-6-4-12-22(18)3/h4,6,8-12,15,19H,5,7,13-14H2,1-3H3,(H,21,24)/t19-/m1/s1. The molecule has 1 saturated heterocycles. The second kappa shape index (κ2) is 7.22. The Bertz CT molecular complexity index is 687. The predicted molar refractivity (Wildman–Crippen MR) is 98.1 cm³/mol. The van der Waals surface area contributed by atoms with Crippen LogP contribution in [0.4, 0.5) is 5.69 Å². The van der Waals surface area contributed by atoms with Crippen molar-refractivity contribution in [3.8, 4) is 0 Å². The molecule has 0 bridgehead atoms. The first-order valence-electron chi connectivity index (χ1n) is 8.79. The van der Waals surface area contributed by atoms with Crippen molar-refractivity contribution in [2.45, 2.75) is 38.6 Å². The van der Waals surface area contributed by atoms with Gasteiger partial charge in [0.2, 0.25) is 5.91 Å². The second-order valence-electron chi connectivity index (χ2n) is 7.00. The highest BCUT2D eigenvalue weighted by Crippen LogP contribution is 2.31. The fourth-order valence-corrected chi connectivity index (χ4v) is 3.51. The van der Waals surface area contributed by atoms with Crippen molar-refractivity contribution in [1.29, 1.82) is 0 Å². The van der Waals surface area contributed by atoms with E-state index in [2.05, 4.69) is 66.1 Å². The molecule has 1 aliphatic rings. The number of likely N-dealkylation sites (tertiary alicyclic amines) is 1. The number of benzene rings is 1. The third-order valence-electron chi connectivity index (χ3n) is 4.90. The SMILES string of the molecule is CC(C)c1ccc(NC(=O)CN2CCC[C@@H]2c2cccn2C)cc1. The molecule has 1 N–H and O–H groups in total. The zero-order valence-corrected chi connectivity index (χ0v) is 14.8. The summed E-state index contributed by atoms with van der Waals surface area (Å²) >= 11 is 0. The Kier molecular flexibility index (Phi) is 5.05. The van der Waals surface area contributed by atoms with Gasteiger partial charge in [0.25, 0.3) is 0 Å². The minimum absolute atomic E-state index is 0.0633. The highest BCUT2D eigenvalue weighted by molar-refractivity contribution is 5.92. The van der Waals surface area contributed by atoms with Crippen LogP contribution in [0.5, 0.6) is 0 Å². The maximum atomic E-state index is 12.4. The molecule has 1 aromatic heterocycles. The molecule has 2 aromatic rings. The van der Waals surface area contributed by atoms with Crippen LogP contribution in [-0.2, 0) is 11.8 Å². The van der Waals surface area contributed by atoms with Gasteiger partial charge in [0, 0.05) is 24.6 Å². The summed E-state index contributed by atoms with van der Waals surface area (Å²) in [6.45, 7) is 5.77. The molecule has 1 aliphatic heterocycles. The molecular weight excluding hydrogens is 298 g/mol. The summed E-state index contributed by atoms with van der Waals surface area (Å²) in [7, 11) is 2.07. The lowest BCUT2D eigenvalue weighted by molar-refractivity contribution is -0.117. The van der Waals surface area contributed by atoms with Gasteiger partial charge in [-0.15, -0.1) is 0 Å². The van der Waals surface area contributed by atoms with Crippen molar-refractivity contribution in [3.05, 3.63) is 53.9 Å². The van der Waals surface area contributed by atoms with E-state index in [0.29, 0.717) is 18.5 Å². The van der Waals surface area contributed by atoms with Gasteiger partial charge in [-0.05, 0) is 55.1 Å². The Labute approximate surface area is 144 Å². The Morgan fingerprint density at radius 1 is 1.25 bits per heavy atom. The quantitative estimate of drug-likeness (QED) is 0.904. The van der Waals surface area contributed by atoms with Gasteiger partial charge >= 0.3 is 0 Å². The maximum Gasteiger partial charge on any atom is 0.238 e. The van der Waals surface area contributed by atoms with Gasteiger partial charge in [0.1, 0.15) is 0 Å². The van der Waals surface area contributed by atoms with Crippen LogP contribution in [-0.4, -0.2) is 28.5 Å². The lowest BCUT2D eigenvalue weighted by Crippen LogP contribution is -2.33. The Morgan fingerprint density at radius 2 is 2.00 bits per heavy atom. The lowest BCUT2D eigenvalue weighted by Gasteiger charge is -2.24. The summed E-state index contributed by atoms with van der Waals surface area (Å²) in [6.07, 6.45) is 4.34. The van der Waals surface area contributed by atoms with E-state index in [-0.39, 0.29) is 5.91 Å². The van der Waals surface area contributed by atoms with Crippen molar-refractivity contribution in [1.82, 2.24) is 9.47 Å². The lowest BCUT2D eigenvalue weighted by atomic mass is 10.0. The van der Waals surface area contributed by atoms with Gasteiger partial charge in [0.05, 0.1) is 12.6 Å². The fourth-order valence-electron chi connectivity index (χ4n) is 3.51. The molecule has 3 rings (SSSR count). The van der Waals surface area contributed by atoms with E-state index >= 15 is 0 Å². The number of nitrogens with one attached hydrogen (secondary N) is 1. The topological polar surface area (TPSA) is 37.3 Å². The number of rotatable bonds is 5. The van der Waals surface area contributed by atoms with Gasteiger partial charge in [-0.2, -0.15) is 0 Å². The van der Waals surface area contributed by atoms with Crippen molar-refractivity contribution >= 4 is 11.6 Å². The number of hydrogen-bond acceptors (Lipinski definition) is 2. The van der Waals surface area contributed by atoms with Crippen LogP contribution in [0, 0.1) is 0 Å². The molecule has 0 spiro atoms. The molecule has 128 valence electrons. The van der Waals surface area contributed by atoms with Crippen LogP contribution in [0.1, 0.15) is 49.9 Å². The molecule has 0 aliphatic carbocycles. The molecule has 1 aromatic carbocycles. The Balaban J connectivity index is 1.61. The smallest absolute Gasteiger partial charge is 0.238 e. The summed E-state index contributed by atoms with van der Waals surface area (Å²) in [6, 6.07) is 12.7. The van der Waals surface area contributed by atoms with Crippen LogP contribution >= 0.6 is 0 Å². The first-order chi connectivity index (χ1) is 11.5. The number of anilines is 1. The minimum Gasteiger partial charge on any atom is -0.353 e. The molecular formula is C20H27N3O. The van der Waals surface area contributed by atoms with Crippen molar-refractivity contribution < 1.29 is 4.79 Å². The number of hydrogen-bond donors (Lipinski definition) is 1. The van der Waals surface area contributed by atoms with E-state index in [9.17, 15) is 4.79 Å². The van der Waals surface area contributed by atoms with E-state index in [1.165, 1.54) is 11.3 Å². The third kappa shape index (κ3) is 3.70. The Hall–Kier alpha value is -2.07. The summed E-state index contributed by atoms with van der Waals surface area (Å²) in [4.78, 5) is 14.7. The maximum absolute atomic E-state index is 12.4. The first-order valence-corrected chi connectivity index (χ1v) is 8.79. The van der Waals surface area contributed by atoms with E-state index < -0.39 is 0 Å². The highest BCUT2D eigenvalue weighted by Gasteiger charge is 2.28. The molecule has 0 radical (unpaired) electrons. The van der Waals surface area contributed by atoms with Gasteiger partial charge in [-0.3, -0.25) is 9.69 Å². The highest BCUT2D eigenvalue weighted by atomic mass is 16.2. The van der Waals surface area contributed by atoms with Crippen LogP contribution in [0.2, 0.25) is 0 Å². The van der Waals surface area contributed by atoms with E-state index in [0.717, 1.165) is 25.1 Å². The molecule has 24 heavy (non-hydrogen) atoms. The molecule has 1 atom stereocenters. The van der Waals surface area contributed by atoms with Gasteiger partial charge in [-0.1, -0.05) is 26.0 Å². The molecule has 1 amide bonds. The molecule has 4 nitrogen and oxygen atoms in total. The molecule has 0 unspecified atom stereocenters. The zero-order chi connectivity index (χ0) is 17.1. The molecule has 1 fully saturated rings. The second-order valence-corrected chi connectivity index (χ2v) is 7.00. The van der Waals surface area contributed by atoms with Crippen LogP contribution in [0.3, 0.4) is 0 Å². The fraction of sp³-hybridized carbons (Fsp3) is 0.450. The number of aryl methyl sites for hydroxylation is 1. The molecule has 0 saturated carbocycles. The van der Waals surface area contributed by atoms with Crippen LogP contribution < -0.4 is 5.32 Å². The number of amides is 1. The van der Waals surface area contributed by atoms with E-state index in [1.807, 2.05) is 12.1 Å². The predicted octanol–water partition coefficient (Wildman–Crippen LogP) is 3.92. The number of aromatic nitrogens is 1. The average Bonchev–Trinajstić information content (AvgIpc) is 3.16.